The Morgan fingerprint density at radius 1 is 0.848 bits per heavy atom. The van der Waals surface area contributed by atoms with Crippen molar-refractivity contribution in [2.75, 3.05) is 26.3 Å². The fourth-order valence-electron chi connectivity index (χ4n) is 4.89. The molecular formula is C34H40F3NO8. The van der Waals surface area contributed by atoms with Gasteiger partial charge in [-0.15, -0.1) is 18.2 Å². The number of β-amino-alcohol motifs (C(OH)–C–C–N with tert-alkyl or cyclic N) is 1. The zero-order chi connectivity index (χ0) is 33.2. The maximum absolute atomic E-state index is 12.5. The van der Waals surface area contributed by atoms with Crippen molar-refractivity contribution < 1.29 is 51.6 Å². The lowest BCUT2D eigenvalue weighted by Crippen LogP contribution is -2.52. The molecule has 0 aromatic heterocycles. The van der Waals surface area contributed by atoms with Crippen LogP contribution in [0.2, 0.25) is 0 Å². The number of hydrogen-bond acceptors (Lipinski definition) is 9. The predicted octanol–water partition coefficient (Wildman–Crippen LogP) is 6.78. The average Bonchev–Trinajstić information content (AvgIpc) is 2.97. The molecule has 1 saturated heterocycles. The van der Waals surface area contributed by atoms with Gasteiger partial charge in [0.1, 0.15) is 17.1 Å². The average molecular weight is 648 g/mol. The van der Waals surface area contributed by atoms with Crippen LogP contribution in [0.3, 0.4) is 0 Å². The van der Waals surface area contributed by atoms with E-state index in [9.17, 15) is 23.1 Å². The van der Waals surface area contributed by atoms with E-state index in [-0.39, 0.29) is 25.4 Å². The number of nitrogens with zero attached hydrogens (tertiary/aromatic N) is 1. The van der Waals surface area contributed by atoms with Crippen LogP contribution in [0.25, 0.3) is 0 Å². The molecule has 1 heterocycles. The minimum atomic E-state index is -4.79. The molecule has 1 aliphatic rings. The highest BCUT2D eigenvalue weighted by atomic mass is 19.4. The number of hydroxylamine groups is 2. The third-order valence-corrected chi connectivity index (χ3v) is 6.88. The summed E-state index contributed by atoms with van der Waals surface area (Å²) >= 11 is 0. The molecule has 0 spiro atoms. The summed E-state index contributed by atoms with van der Waals surface area (Å²) in [5.74, 6) is -0.196. The molecule has 1 aliphatic heterocycles. The lowest BCUT2D eigenvalue weighted by molar-refractivity contribution is -0.274. The van der Waals surface area contributed by atoms with E-state index in [4.69, 9.17) is 23.8 Å². The van der Waals surface area contributed by atoms with Gasteiger partial charge in [0.05, 0.1) is 51.7 Å². The Bertz CT molecular complexity index is 1350. The van der Waals surface area contributed by atoms with Gasteiger partial charge < -0.3 is 33.6 Å². The molecular weight excluding hydrogens is 607 g/mol. The Hall–Kier alpha value is -3.84. The van der Waals surface area contributed by atoms with E-state index in [0.29, 0.717) is 37.6 Å². The number of alkyl halides is 3. The third kappa shape index (κ3) is 11.8. The monoisotopic (exact) mass is 647 g/mol. The van der Waals surface area contributed by atoms with Crippen molar-refractivity contribution >= 4 is 6.16 Å². The number of piperidine rings is 1. The minimum Gasteiger partial charge on any atom is -0.494 e. The summed E-state index contributed by atoms with van der Waals surface area (Å²) in [5, 5.41) is 12.5. The Morgan fingerprint density at radius 2 is 1.50 bits per heavy atom. The fraction of sp³-hybridized carbons (Fsp3) is 0.441. The van der Waals surface area contributed by atoms with Crippen LogP contribution in [0, 0.1) is 0 Å². The van der Waals surface area contributed by atoms with Gasteiger partial charge in [0.2, 0.25) is 0 Å². The molecule has 4 rings (SSSR count). The first kappa shape index (κ1) is 35.0. The molecule has 0 amide bonds. The molecule has 0 radical (unpaired) electrons. The first-order valence-electron chi connectivity index (χ1n) is 15.0. The number of carbonyl (C=O) groups is 1. The summed E-state index contributed by atoms with van der Waals surface area (Å²) in [7, 11) is 0. The summed E-state index contributed by atoms with van der Waals surface area (Å²) in [5.41, 5.74) is 1.70. The Balaban J connectivity index is 1.36. The topological polar surface area (TPSA) is 95.9 Å². The molecule has 9 nitrogen and oxygen atoms in total. The van der Waals surface area contributed by atoms with Crippen LogP contribution in [-0.4, -0.2) is 66.8 Å². The summed E-state index contributed by atoms with van der Waals surface area (Å²) in [6, 6.07) is 22.6. The molecule has 0 bridgehead atoms. The van der Waals surface area contributed by atoms with Crippen molar-refractivity contribution in [2.24, 2.45) is 0 Å². The van der Waals surface area contributed by atoms with E-state index in [1.165, 1.54) is 29.3 Å². The maximum Gasteiger partial charge on any atom is 0.573 e. The van der Waals surface area contributed by atoms with Gasteiger partial charge in [-0.2, -0.15) is 0 Å². The summed E-state index contributed by atoms with van der Waals surface area (Å²) < 4.78 is 64.6. The van der Waals surface area contributed by atoms with Crippen LogP contribution < -0.4 is 9.47 Å². The molecule has 1 fully saturated rings. The number of hydrogen-bond donors (Lipinski definition) is 1. The Labute approximate surface area is 266 Å². The van der Waals surface area contributed by atoms with Gasteiger partial charge in [0, 0.05) is 12.3 Å². The Morgan fingerprint density at radius 3 is 2.15 bits per heavy atom. The van der Waals surface area contributed by atoms with Gasteiger partial charge in [0.15, 0.2) is 0 Å². The van der Waals surface area contributed by atoms with E-state index in [1.807, 2.05) is 54.6 Å². The maximum atomic E-state index is 12.5. The van der Waals surface area contributed by atoms with Gasteiger partial charge in [-0.25, -0.2) is 4.79 Å². The van der Waals surface area contributed by atoms with E-state index in [2.05, 4.69) is 4.74 Å². The van der Waals surface area contributed by atoms with Crippen LogP contribution in [0.15, 0.2) is 78.9 Å². The van der Waals surface area contributed by atoms with Crippen molar-refractivity contribution in [3.8, 4) is 11.5 Å². The Kier molecular flexibility index (Phi) is 12.3. The molecule has 3 aromatic rings. The van der Waals surface area contributed by atoms with Crippen molar-refractivity contribution in [3.63, 3.8) is 0 Å². The third-order valence-electron chi connectivity index (χ3n) is 6.88. The van der Waals surface area contributed by atoms with E-state index in [0.717, 1.165) is 11.1 Å². The van der Waals surface area contributed by atoms with E-state index in [1.54, 1.807) is 20.8 Å². The van der Waals surface area contributed by atoms with Crippen LogP contribution in [-0.2, 0) is 32.3 Å². The predicted molar refractivity (Wildman–Crippen MR) is 162 cm³/mol. The van der Waals surface area contributed by atoms with Gasteiger partial charge in [-0.1, -0.05) is 54.6 Å². The first-order valence-corrected chi connectivity index (χ1v) is 15.0. The van der Waals surface area contributed by atoms with Crippen molar-refractivity contribution in [1.82, 2.24) is 5.06 Å². The lowest BCUT2D eigenvalue weighted by atomic mass is 9.85. The van der Waals surface area contributed by atoms with E-state index >= 15 is 0 Å². The molecule has 250 valence electrons. The quantitative estimate of drug-likeness (QED) is 0.159. The van der Waals surface area contributed by atoms with Gasteiger partial charge in [0.25, 0.3) is 0 Å². The van der Waals surface area contributed by atoms with Crippen LogP contribution in [0.1, 0.15) is 49.8 Å². The summed E-state index contributed by atoms with van der Waals surface area (Å²) in [4.78, 5) is 17.7. The van der Waals surface area contributed by atoms with E-state index < -0.39 is 36.2 Å². The number of benzene rings is 3. The number of aliphatic hydroxyl groups excluding tert-OH is 1. The van der Waals surface area contributed by atoms with Crippen LogP contribution in [0.5, 0.6) is 11.5 Å². The highest BCUT2D eigenvalue weighted by molar-refractivity contribution is 5.60. The van der Waals surface area contributed by atoms with Crippen molar-refractivity contribution in [3.05, 3.63) is 95.6 Å². The van der Waals surface area contributed by atoms with Gasteiger partial charge in [-0.3, -0.25) is 0 Å². The SMILES string of the molecule is CC(C)(C)OC(=O)ON1CC(O)C(c2ccc(OCCCOCc3ccccc3)cc2)C(OCc2ccc(OC(F)(F)F)cc2)C1. The van der Waals surface area contributed by atoms with Crippen molar-refractivity contribution in [2.45, 2.75) is 70.5 Å². The minimum absolute atomic E-state index is 0.00841. The molecule has 12 heteroatoms. The summed E-state index contributed by atoms with van der Waals surface area (Å²) in [6.45, 7) is 6.83. The van der Waals surface area contributed by atoms with Gasteiger partial charge >= 0.3 is 12.5 Å². The second-order valence-corrected chi connectivity index (χ2v) is 11.8. The van der Waals surface area contributed by atoms with Crippen molar-refractivity contribution in [1.29, 1.82) is 0 Å². The fourth-order valence-corrected chi connectivity index (χ4v) is 4.89. The molecule has 3 atom stereocenters. The standard InChI is InChI=1S/C34H40F3NO8/c1-33(2,3)45-32(40)46-38-20-29(39)31(30(21-38)43-23-25-10-14-28(15-11-25)44-34(35,36)37)26-12-16-27(17-13-26)42-19-7-18-41-22-24-8-5-4-6-9-24/h4-6,8-17,29-31,39H,7,18-23H2,1-3H3. The molecule has 0 aliphatic carbocycles. The highest BCUT2D eigenvalue weighted by Gasteiger charge is 2.40. The number of ether oxygens (including phenoxy) is 5. The molecule has 0 saturated carbocycles. The highest BCUT2D eigenvalue weighted by Crippen LogP contribution is 2.33. The first-order chi connectivity index (χ1) is 21.8. The van der Waals surface area contributed by atoms with Crippen LogP contribution >= 0.6 is 0 Å². The molecule has 3 aromatic carbocycles. The number of aliphatic hydroxyl groups is 1. The van der Waals surface area contributed by atoms with Gasteiger partial charge in [-0.05, 0) is 61.7 Å². The second kappa shape index (κ2) is 16.1. The largest absolute Gasteiger partial charge is 0.573 e. The number of carbonyl (C=O) groups excluding carboxylic acids is 1. The lowest BCUT2D eigenvalue weighted by Gasteiger charge is -2.40. The zero-order valence-corrected chi connectivity index (χ0v) is 26.1. The smallest absolute Gasteiger partial charge is 0.494 e. The summed E-state index contributed by atoms with van der Waals surface area (Å²) in [6.07, 6.45) is -6.64. The second-order valence-electron chi connectivity index (χ2n) is 11.8. The molecule has 3 unspecified atom stereocenters. The normalized spacial score (nSPS) is 19.0. The molecule has 1 N–H and O–H groups in total. The number of halogens is 3. The zero-order valence-electron chi connectivity index (χ0n) is 26.1. The number of rotatable bonds is 13. The molecule has 46 heavy (non-hydrogen) atoms. The van der Waals surface area contributed by atoms with Crippen LogP contribution in [0.4, 0.5) is 18.0 Å².